The maximum absolute atomic E-state index is 9.87. The lowest BCUT2D eigenvalue weighted by atomic mass is 9.99. The van der Waals surface area contributed by atoms with Crippen LogP contribution < -0.4 is 0 Å². The molecule has 96 valence electrons. The highest BCUT2D eigenvalue weighted by molar-refractivity contribution is 5.14. The summed E-state index contributed by atoms with van der Waals surface area (Å²) >= 11 is 0. The molecule has 0 fully saturated rings. The van der Waals surface area contributed by atoms with E-state index in [1.807, 2.05) is 6.07 Å². The molecule has 1 aromatic carbocycles. The molecule has 0 radical (unpaired) electrons. The van der Waals surface area contributed by atoms with Gasteiger partial charge in [0.05, 0.1) is 6.10 Å². The molecule has 2 atom stereocenters. The van der Waals surface area contributed by atoms with Gasteiger partial charge >= 0.3 is 0 Å². The minimum absolute atomic E-state index is 0.191. The molecule has 0 aliphatic rings. The van der Waals surface area contributed by atoms with Crippen LogP contribution in [-0.2, 0) is 11.2 Å². The molecule has 1 aromatic rings. The highest BCUT2D eigenvalue weighted by Gasteiger charge is 2.09. The van der Waals surface area contributed by atoms with Crippen molar-refractivity contribution in [2.24, 2.45) is 5.92 Å². The number of benzene rings is 1. The Kier molecular flexibility index (Phi) is 6.90. The first kappa shape index (κ1) is 14.2. The Morgan fingerprint density at radius 3 is 2.59 bits per heavy atom. The van der Waals surface area contributed by atoms with Crippen LogP contribution in [0.1, 0.15) is 31.7 Å². The van der Waals surface area contributed by atoms with Gasteiger partial charge in [0.15, 0.2) is 0 Å². The van der Waals surface area contributed by atoms with Gasteiger partial charge in [0.2, 0.25) is 0 Å². The summed E-state index contributed by atoms with van der Waals surface area (Å²) in [6.07, 6.45) is 3.62. The summed E-state index contributed by atoms with van der Waals surface area (Å²) in [5.41, 5.74) is 1.35. The zero-order valence-electron chi connectivity index (χ0n) is 10.9. The van der Waals surface area contributed by atoms with E-state index >= 15 is 0 Å². The molecule has 0 saturated carbocycles. The Morgan fingerprint density at radius 2 is 1.94 bits per heavy atom. The van der Waals surface area contributed by atoms with Crippen LogP contribution >= 0.6 is 0 Å². The molecule has 2 nitrogen and oxygen atoms in total. The Bertz CT molecular complexity index is 284. The topological polar surface area (TPSA) is 29.5 Å². The molecule has 0 aliphatic carbocycles. The first-order valence-corrected chi connectivity index (χ1v) is 6.43. The predicted molar refractivity (Wildman–Crippen MR) is 71.0 cm³/mol. The van der Waals surface area contributed by atoms with Crippen molar-refractivity contribution in [3.8, 4) is 0 Å². The molecule has 2 heteroatoms. The smallest absolute Gasteiger partial charge is 0.0543 e. The third-order valence-corrected chi connectivity index (χ3v) is 2.97. The fourth-order valence-electron chi connectivity index (χ4n) is 2.12. The monoisotopic (exact) mass is 236 g/mol. The first-order chi connectivity index (χ1) is 8.22. The molecular formula is C15H24O2. The highest BCUT2D eigenvalue weighted by atomic mass is 16.5. The second-order valence-electron chi connectivity index (χ2n) is 4.83. The molecule has 0 heterocycles. The normalized spacial score (nSPS) is 14.5. The van der Waals surface area contributed by atoms with E-state index in [2.05, 4.69) is 31.2 Å². The van der Waals surface area contributed by atoms with Crippen LogP contribution in [0.3, 0.4) is 0 Å². The van der Waals surface area contributed by atoms with Gasteiger partial charge in [-0.25, -0.2) is 0 Å². The minimum atomic E-state index is -0.191. The number of ether oxygens (including phenoxy) is 1. The summed E-state index contributed by atoms with van der Waals surface area (Å²) in [6, 6.07) is 10.4. The van der Waals surface area contributed by atoms with Crippen LogP contribution in [0.5, 0.6) is 0 Å². The lowest BCUT2D eigenvalue weighted by Crippen LogP contribution is -2.15. The Morgan fingerprint density at radius 1 is 1.24 bits per heavy atom. The van der Waals surface area contributed by atoms with E-state index in [1.165, 1.54) is 5.56 Å². The van der Waals surface area contributed by atoms with Gasteiger partial charge in [-0.15, -0.1) is 0 Å². The molecule has 0 amide bonds. The molecular weight excluding hydrogens is 212 g/mol. The van der Waals surface area contributed by atoms with Crippen LogP contribution in [0.2, 0.25) is 0 Å². The van der Waals surface area contributed by atoms with E-state index < -0.39 is 0 Å². The molecule has 0 bridgehead atoms. The summed E-state index contributed by atoms with van der Waals surface area (Å²) in [7, 11) is 1.71. The van der Waals surface area contributed by atoms with Crippen LogP contribution in [0.15, 0.2) is 30.3 Å². The predicted octanol–water partition coefficient (Wildman–Crippen LogP) is 3.04. The lowest BCUT2D eigenvalue weighted by Gasteiger charge is -2.15. The molecule has 2 unspecified atom stereocenters. The van der Waals surface area contributed by atoms with Crippen molar-refractivity contribution in [3.63, 3.8) is 0 Å². The quantitative estimate of drug-likeness (QED) is 0.751. The van der Waals surface area contributed by atoms with Crippen LogP contribution in [0.25, 0.3) is 0 Å². The minimum Gasteiger partial charge on any atom is -0.393 e. The maximum Gasteiger partial charge on any atom is 0.0543 e. The van der Waals surface area contributed by atoms with Crippen molar-refractivity contribution >= 4 is 0 Å². The van der Waals surface area contributed by atoms with Crippen molar-refractivity contribution in [1.82, 2.24) is 0 Å². The number of aliphatic hydroxyl groups excluding tert-OH is 1. The SMILES string of the molecule is COCC(C)CC(O)CCCc1ccccc1. The van der Waals surface area contributed by atoms with Gasteiger partial charge in [-0.3, -0.25) is 0 Å². The molecule has 1 rings (SSSR count). The zero-order chi connectivity index (χ0) is 12.5. The number of aliphatic hydroxyl groups is 1. The summed E-state index contributed by atoms with van der Waals surface area (Å²) in [4.78, 5) is 0. The number of methoxy groups -OCH3 is 1. The summed E-state index contributed by atoms with van der Waals surface area (Å²) in [6.45, 7) is 2.85. The highest BCUT2D eigenvalue weighted by Crippen LogP contribution is 2.13. The van der Waals surface area contributed by atoms with E-state index in [-0.39, 0.29) is 6.10 Å². The summed E-state index contributed by atoms with van der Waals surface area (Å²) in [5, 5.41) is 9.87. The Hall–Kier alpha value is -0.860. The number of aryl methyl sites for hydroxylation is 1. The number of hydrogen-bond acceptors (Lipinski definition) is 2. The first-order valence-electron chi connectivity index (χ1n) is 6.43. The fourth-order valence-corrected chi connectivity index (χ4v) is 2.12. The van der Waals surface area contributed by atoms with Gasteiger partial charge < -0.3 is 9.84 Å². The summed E-state index contributed by atoms with van der Waals surface area (Å²) in [5.74, 6) is 0.437. The van der Waals surface area contributed by atoms with E-state index in [9.17, 15) is 5.11 Å². The van der Waals surface area contributed by atoms with Crippen LogP contribution in [0, 0.1) is 5.92 Å². The van der Waals surface area contributed by atoms with Crippen molar-refractivity contribution in [2.45, 2.75) is 38.7 Å². The van der Waals surface area contributed by atoms with Crippen LogP contribution in [0.4, 0.5) is 0 Å². The third-order valence-electron chi connectivity index (χ3n) is 2.97. The average molecular weight is 236 g/mol. The average Bonchev–Trinajstić information content (AvgIpc) is 2.30. The Labute approximate surface area is 105 Å². The summed E-state index contributed by atoms with van der Waals surface area (Å²) < 4.78 is 5.07. The van der Waals surface area contributed by atoms with Crippen LogP contribution in [-0.4, -0.2) is 24.9 Å². The molecule has 17 heavy (non-hydrogen) atoms. The molecule has 0 spiro atoms. The third kappa shape index (κ3) is 6.44. The van der Waals surface area contributed by atoms with Gasteiger partial charge in [0.1, 0.15) is 0 Å². The van der Waals surface area contributed by atoms with Crippen molar-refractivity contribution in [1.29, 1.82) is 0 Å². The number of rotatable bonds is 8. The zero-order valence-corrected chi connectivity index (χ0v) is 10.9. The van der Waals surface area contributed by atoms with Crippen molar-refractivity contribution < 1.29 is 9.84 Å². The maximum atomic E-state index is 9.87. The van der Waals surface area contributed by atoms with E-state index in [4.69, 9.17) is 4.74 Å². The van der Waals surface area contributed by atoms with Gasteiger partial charge in [0.25, 0.3) is 0 Å². The second kappa shape index (κ2) is 8.26. The lowest BCUT2D eigenvalue weighted by molar-refractivity contribution is 0.0953. The molecule has 0 aromatic heterocycles. The Balaban J connectivity index is 2.14. The molecule has 0 saturated heterocycles. The van der Waals surface area contributed by atoms with E-state index in [1.54, 1.807) is 7.11 Å². The van der Waals surface area contributed by atoms with E-state index in [0.29, 0.717) is 5.92 Å². The van der Waals surface area contributed by atoms with Crippen molar-refractivity contribution in [2.75, 3.05) is 13.7 Å². The molecule has 1 N–H and O–H groups in total. The standard InChI is InChI=1S/C15H24O2/c1-13(12-17-2)11-15(16)10-6-9-14-7-4-3-5-8-14/h3-5,7-8,13,15-16H,6,9-12H2,1-2H3. The van der Waals surface area contributed by atoms with Gasteiger partial charge in [-0.2, -0.15) is 0 Å². The van der Waals surface area contributed by atoms with E-state index in [0.717, 1.165) is 32.3 Å². The largest absolute Gasteiger partial charge is 0.393 e. The van der Waals surface area contributed by atoms with Gasteiger partial charge in [0, 0.05) is 13.7 Å². The molecule has 0 aliphatic heterocycles. The van der Waals surface area contributed by atoms with Gasteiger partial charge in [-0.05, 0) is 37.2 Å². The second-order valence-corrected chi connectivity index (χ2v) is 4.83. The van der Waals surface area contributed by atoms with Crippen molar-refractivity contribution in [3.05, 3.63) is 35.9 Å². The van der Waals surface area contributed by atoms with Gasteiger partial charge in [-0.1, -0.05) is 37.3 Å². The number of hydrogen-bond donors (Lipinski definition) is 1. The fraction of sp³-hybridized carbons (Fsp3) is 0.600.